The number of hydrogen-bond donors (Lipinski definition) is 3. The molecule has 0 unspecified atom stereocenters. The number of nitrogens with zero attached hydrogens (tertiary/aromatic N) is 2. The van der Waals surface area contributed by atoms with E-state index < -0.39 is 18.0 Å². The average molecular weight is 277 g/mol. The van der Waals surface area contributed by atoms with Gasteiger partial charge in [-0.2, -0.15) is 0 Å². The summed E-state index contributed by atoms with van der Waals surface area (Å²) in [5, 5.41) is 20.1. The number of aryl methyl sites for hydroxylation is 1. The Kier molecular flexibility index (Phi) is 3.99. The lowest BCUT2D eigenvalue weighted by Gasteiger charge is -2.05. The zero-order valence-electron chi connectivity index (χ0n) is 10.9. The molecule has 0 bridgehead atoms. The maximum absolute atomic E-state index is 11.8. The van der Waals surface area contributed by atoms with Gasteiger partial charge in [-0.1, -0.05) is 6.07 Å². The van der Waals surface area contributed by atoms with Crippen LogP contribution in [0.25, 0.3) is 5.65 Å². The third-order valence-electron chi connectivity index (χ3n) is 2.82. The van der Waals surface area contributed by atoms with Crippen LogP contribution in [-0.4, -0.2) is 44.1 Å². The number of aliphatic hydroxyl groups excluding tert-OH is 1. The number of aliphatic carboxylic acids is 1. The van der Waals surface area contributed by atoms with E-state index in [1.807, 2.05) is 19.2 Å². The molecule has 3 N–H and O–H groups in total. The van der Waals surface area contributed by atoms with E-state index in [0.29, 0.717) is 5.65 Å². The summed E-state index contributed by atoms with van der Waals surface area (Å²) in [4.78, 5) is 26.4. The molecule has 2 aromatic rings. The lowest BCUT2D eigenvalue weighted by Crippen LogP contribution is -2.30. The maximum Gasteiger partial charge on any atom is 0.332 e. The topological polar surface area (TPSA) is 104 Å². The van der Waals surface area contributed by atoms with Gasteiger partial charge in [0.2, 0.25) is 0 Å². The van der Waals surface area contributed by atoms with Gasteiger partial charge in [-0.3, -0.25) is 4.79 Å². The standard InChI is InChI=1S/C13H15N3O4/c1-8-2-3-11-15-9(7-16(11)6-8)12(18)14-5-4-10(17)13(19)20/h2-3,6-7,10,17H,4-5H2,1H3,(H,14,18)(H,19,20)/t10-/m0/s1. The molecule has 0 aliphatic carbocycles. The van der Waals surface area contributed by atoms with Gasteiger partial charge in [-0.05, 0) is 18.6 Å². The molecule has 2 rings (SSSR count). The third-order valence-corrected chi connectivity index (χ3v) is 2.82. The fraction of sp³-hybridized carbons (Fsp3) is 0.308. The number of aliphatic hydroxyl groups is 1. The Hall–Kier alpha value is -2.41. The van der Waals surface area contributed by atoms with Gasteiger partial charge < -0.3 is 19.9 Å². The normalized spacial score (nSPS) is 12.3. The summed E-state index contributed by atoms with van der Waals surface area (Å²) in [7, 11) is 0. The number of carboxylic acid groups (broad SMARTS) is 1. The minimum atomic E-state index is -1.47. The summed E-state index contributed by atoms with van der Waals surface area (Å²) in [6.07, 6.45) is 1.94. The maximum atomic E-state index is 11.8. The first-order valence-electron chi connectivity index (χ1n) is 6.12. The van der Waals surface area contributed by atoms with Gasteiger partial charge >= 0.3 is 5.97 Å². The second-order valence-corrected chi connectivity index (χ2v) is 4.50. The van der Waals surface area contributed by atoms with Crippen LogP contribution in [0, 0.1) is 6.92 Å². The summed E-state index contributed by atoms with van der Waals surface area (Å²) in [6.45, 7) is 2.01. The fourth-order valence-corrected chi connectivity index (χ4v) is 1.75. The van der Waals surface area contributed by atoms with Crippen molar-refractivity contribution in [2.24, 2.45) is 0 Å². The van der Waals surface area contributed by atoms with E-state index in [1.165, 1.54) is 0 Å². The van der Waals surface area contributed by atoms with Gasteiger partial charge in [0, 0.05) is 25.4 Å². The molecule has 20 heavy (non-hydrogen) atoms. The molecular weight excluding hydrogens is 262 g/mol. The zero-order valence-corrected chi connectivity index (χ0v) is 10.9. The van der Waals surface area contributed by atoms with Gasteiger partial charge in [-0.25, -0.2) is 9.78 Å². The lowest BCUT2D eigenvalue weighted by atomic mass is 10.2. The van der Waals surface area contributed by atoms with E-state index in [9.17, 15) is 9.59 Å². The molecule has 0 saturated carbocycles. The predicted octanol–water partition coefficient (Wildman–Crippen LogP) is 0.208. The summed E-state index contributed by atoms with van der Waals surface area (Å²) >= 11 is 0. The van der Waals surface area contributed by atoms with Crippen LogP contribution in [0.5, 0.6) is 0 Å². The fourth-order valence-electron chi connectivity index (χ4n) is 1.75. The first-order chi connectivity index (χ1) is 9.47. The quantitative estimate of drug-likeness (QED) is 0.724. The Labute approximate surface area is 114 Å². The highest BCUT2D eigenvalue weighted by Crippen LogP contribution is 2.07. The van der Waals surface area contributed by atoms with E-state index in [1.54, 1.807) is 16.7 Å². The van der Waals surface area contributed by atoms with Crippen LogP contribution >= 0.6 is 0 Å². The molecule has 2 aromatic heterocycles. The summed E-state index contributed by atoms with van der Waals surface area (Å²) in [5.74, 6) is -1.70. The van der Waals surface area contributed by atoms with Crippen molar-refractivity contribution in [3.05, 3.63) is 35.8 Å². The number of carbonyl (C=O) groups is 2. The molecule has 106 valence electrons. The first-order valence-corrected chi connectivity index (χ1v) is 6.12. The number of aromatic nitrogens is 2. The van der Waals surface area contributed by atoms with E-state index in [4.69, 9.17) is 10.2 Å². The SMILES string of the molecule is Cc1ccc2nc(C(=O)NCC[C@H](O)C(=O)O)cn2c1. The second kappa shape index (κ2) is 5.70. The van der Waals surface area contributed by atoms with Gasteiger partial charge in [0.05, 0.1) is 0 Å². The number of carbonyl (C=O) groups excluding carboxylic acids is 1. The van der Waals surface area contributed by atoms with E-state index in [-0.39, 0.29) is 18.7 Å². The number of carboxylic acids is 1. The Bertz CT molecular complexity index is 650. The Morgan fingerprint density at radius 1 is 1.40 bits per heavy atom. The number of pyridine rings is 1. The van der Waals surface area contributed by atoms with Crippen molar-refractivity contribution in [3.8, 4) is 0 Å². The van der Waals surface area contributed by atoms with Crippen LogP contribution in [0.3, 0.4) is 0 Å². The van der Waals surface area contributed by atoms with E-state index in [0.717, 1.165) is 5.56 Å². The van der Waals surface area contributed by atoms with Crippen molar-refractivity contribution >= 4 is 17.5 Å². The van der Waals surface area contributed by atoms with Crippen molar-refractivity contribution in [1.29, 1.82) is 0 Å². The van der Waals surface area contributed by atoms with Gasteiger partial charge in [0.15, 0.2) is 6.10 Å². The molecule has 2 heterocycles. The Morgan fingerprint density at radius 2 is 2.15 bits per heavy atom. The number of rotatable bonds is 5. The molecule has 0 fully saturated rings. The second-order valence-electron chi connectivity index (χ2n) is 4.50. The molecule has 0 radical (unpaired) electrons. The molecule has 1 atom stereocenters. The van der Waals surface area contributed by atoms with Crippen molar-refractivity contribution in [2.45, 2.75) is 19.4 Å². The number of amides is 1. The van der Waals surface area contributed by atoms with Crippen molar-refractivity contribution in [2.75, 3.05) is 6.54 Å². The largest absolute Gasteiger partial charge is 0.479 e. The van der Waals surface area contributed by atoms with Crippen molar-refractivity contribution in [1.82, 2.24) is 14.7 Å². The minimum absolute atomic E-state index is 0.0481. The van der Waals surface area contributed by atoms with Gasteiger partial charge in [0.1, 0.15) is 11.3 Å². The summed E-state index contributed by atoms with van der Waals surface area (Å²) in [5.41, 5.74) is 1.96. The molecular formula is C13H15N3O4. The minimum Gasteiger partial charge on any atom is -0.479 e. The van der Waals surface area contributed by atoms with E-state index in [2.05, 4.69) is 10.3 Å². The van der Waals surface area contributed by atoms with Crippen molar-refractivity contribution < 1.29 is 19.8 Å². The Morgan fingerprint density at radius 3 is 2.85 bits per heavy atom. The van der Waals surface area contributed by atoms with Crippen LogP contribution in [0.15, 0.2) is 24.5 Å². The average Bonchev–Trinajstić information content (AvgIpc) is 2.81. The van der Waals surface area contributed by atoms with Crippen molar-refractivity contribution in [3.63, 3.8) is 0 Å². The molecule has 0 aliphatic rings. The third kappa shape index (κ3) is 3.12. The molecule has 0 saturated heterocycles. The molecule has 7 nitrogen and oxygen atoms in total. The molecule has 0 aromatic carbocycles. The molecule has 1 amide bonds. The van der Waals surface area contributed by atoms with Crippen LogP contribution in [0.2, 0.25) is 0 Å². The summed E-state index contributed by atoms with van der Waals surface area (Å²) in [6, 6.07) is 3.70. The number of imidazole rings is 1. The monoisotopic (exact) mass is 277 g/mol. The molecule has 0 spiro atoms. The first kappa shape index (κ1) is 14.0. The number of nitrogens with one attached hydrogen (secondary N) is 1. The van der Waals surface area contributed by atoms with Crippen LogP contribution in [0.1, 0.15) is 22.5 Å². The molecule has 7 heteroatoms. The number of fused-ring (bicyclic) bond motifs is 1. The van der Waals surface area contributed by atoms with Gasteiger partial charge in [-0.15, -0.1) is 0 Å². The van der Waals surface area contributed by atoms with Gasteiger partial charge in [0.25, 0.3) is 5.91 Å². The van der Waals surface area contributed by atoms with Crippen LogP contribution < -0.4 is 5.32 Å². The van der Waals surface area contributed by atoms with E-state index >= 15 is 0 Å². The Balaban J connectivity index is 1.99. The molecule has 0 aliphatic heterocycles. The lowest BCUT2D eigenvalue weighted by molar-refractivity contribution is -0.146. The zero-order chi connectivity index (χ0) is 14.7. The highest BCUT2D eigenvalue weighted by molar-refractivity contribution is 5.92. The van der Waals surface area contributed by atoms with Crippen LogP contribution in [-0.2, 0) is 4.79 Å². The van der Waals surface area contributed by atoms with Crippen LogP contribution in [0.4, 0.5) is 0 Å². The smallest absolute Gasteiger partial charge is 0.332 e. The summed E-state index contributed by atoms with van der Waals surface area (Å²) < 4.78 is 1.75. The highest BCUT2D eigenvalue weighted by atomic mass is 16.4. The number of hydrogen-bond acceptors (Lipinski definition) is 4. The highest BCUT2D eigenvalue weighted by Gasteiger charge is 2.14. The predicted molar refractivity (Wildman–Crippen MR) is 70.5 cm³/mol.